The van der Waals surface area contributed by atoms with Gasteiger partial charge in [0.05, 0.1) is 10.2 Å². The Bertz CT molecular complexity index is 266. The molecule has 3 radical (unpaired) electrons. The standard InChI is InChI=1S/C9H10FSi/c1-5-4-8(10)7(3)9(11)6(5)2/h4H,1-3H3. The zero-order valence-electron chi connectivity index (χ0n) is 6.96. The highest BCUT2D eigenvalue weighted by Crippen LogP contribution is 2.09. The van der Waals surface area contributed by atoms with Crippen LogP contribution < -0.4 is 5.19 Å². The molecule has 0 heterocycles. The summed E-state index contributed by atoms with van der Waals surface area (Å²) in [6.07, 6.45) is 0. The van der Waals surface area contributed by atoms with Crippen LogP contribution in [0.3, 0.4) is 0 Å². The van der Waals surface area contributed by atoms with E-state index >= 15 is 0 Å². The van der Waals surface area contributed by atoms with Gasteiger partial charge in [-0.05, 0) is 43.5 Å². The first-order valence-electron chi connectivity index (χ1n) is 3.52. The Kier molecular flexibility index (Phi) is 2.14. The van der Waals surface area contributed by atoms with E-state index in [9.17, 15) is 4.39 Å². The number of hydrogen-bond acceptors (Lipinski definition) is 0. The molecule has 11 heavy (non-hydrogen) atoms. The molecule has 0 bridgehead atoms. The number of benzene rings is 1. The van der Waals surface area contributed by atoms with Crippen molar-refractivity contribution in [2.45, 2.75) is 20.8 Å². The fourth-order valence-electron chi connectivity index (χ4n) is 1.00. The molecule has 0 fully saturated rings. The first kappa shape index (κ1) is 8.46. The van der Waals surface area contributed by atoms with E-state index < -0.39 is 0 Å². The Morgan fingerprint density at radius 3 is 2.27 bits per heavy atom. The summed E-state index contributed by atoms with van der Waals surface area (Å²) in [4.78, 5) is 0. The molecule has 0 saturated heterocycles. The summed E-state index contributed by atoms with van der Waals surface area (Å²) in [5.74, 6) is -0.141. The number of rotatable bonds is 0. The van der Waals surface area contributed by atoms with E-state index in [2.05, 4.69) is 10.2 Å². The van der Waals surface area contributed by atoms with Crippen LogP contribution in [0.1, 0.15) is 16.7 Å². The van der Waals surface area contributed by atoms with E-state index in [0.717, 1.165) is 16.3 Å². The Morgan fingerprint density at radius 1 is 1.18 bits per heavy atom. The lowest BCUT2D eigenvalue weighted by atomic mass is 10.1. The van der Waals surface area contributed by atoms with E-state index in [-0.39, 0.29) is 5.82 Å². The summed E-state index contributed by atoms with van der Waals surface area (Å²) >= 11 is 0. The van der Waals surface area contributed by atoms with Crippen molar-refractivity contribution in [3.8, 4) is 0 Å². The fourth-order valence-corrected chi connectivity index (χ4v) is 1.32. The molecule has 1 aromatic rings. The van der Waals surface area contributed by atoms with Gasteiger partial charge in [-0.3, -0.25) is 0 Å². The Morgan fingerprint density at radius 2 is 1.73 bits per heavy atom. The maximum absolute atomic E-state index is 13.0. The van der Waals surface area contributed by atoms with Gasteiger partial charge in [0.1, 0.15) is 5.82 Å². The van der Waals surface area contributed by atoms with Gasteiger partial charge in [0.2, 0.25) is 0 Å². The Hall–Kier alpha value is -0.633. The van der Waals surface area contributed by atoms with E-state index in [1.807, 2.05) is 13.8 Å². The van der Waals surface area contributed by atoms with Crippen molar-refractivity contribution >= 4 is 15.4 Å². The van der Waals surface area contributed by atoms with Crippen molar-refractivity contribution in [2.75, 3.05) is 0 Å². The monoisotopic (exact) mass is 165 g/mol. The van der Waals surface area contributed by atoms with Gasteiger partial charge in [0.15, 0.2) is 0 Å². The van der Waals surface area contributed by atoms with Gasteiger partial charge in [-0.1, -0.05) is 5.19 Å². The van der Waals surface area contributed by atoms with Crippen LogP contribution in [0.2, 0.25) is 0 Å². The predicted octanol–water partition coefficient (Wildman–Crippen LogP) is 1.54. The van der Waals surface area contributed by atoms with Gasteiger partial charge >= 0.3 is 0 Å². The molecule has 0 aliphatic rings. The van der Waals surface area contributed by atoms with Crippen molar-refractivity contribution in [2.24, 2.45) is 0 Å². The minimum absolute atomic E-state index is 0.141. The highest BCUT2D eigenvalue weighted by atomic mass is 28.1. The van der Waals surface area contributed by atoms with Crippen molar-refractivity contribution in [1.29, 1.82) is 0 Å². The van der Waals surface area contributed by atoms with E-state index in [1.54, 1.807) is 13.0 Å². The lowest BCUT2D eigenvalue weighted by Gasteiger charge is -2.08. The van der Waals surface area contributed by atoms with E-state index in [4.69, 9.17) is 0 Å². The molecule has 0 unspecified atom stereocenters. The molecule has 0 aromatic heterocycles. The fraction of sp³-hybridized carbons (Fsp3) is 0.333. The van der Waals surface area contributed by atoms with Crippen molar-refractivity contribution in [3.05, 3.63) is 28.6 Å². The summed E-state index contributed by atoms with van der Waals surface area (Å²) in [6, 6.07) is 1.56. The number of hydrogen-bond donors (Lipinski definition) is 0. The van der Waals surface area contributed by atoms with E-state index in [1.165, 1.54) is 0 Å². The quantitative estimate of drug-likeness (QED) is 0.512. The molecule has 1 aromatic carbocycles. The van der Waals surface area contributed by atoms with Crippen LogP contribution in [-0.4, -0.2) is 10.2 Å². The minimum atomic E-state index is -0.141. The van der Waals surface area contributed by atoms with Gasteiger partial charge in [0.25, 0.3) is 0 Å². The predicted molar refractivity (Wildman–Crippen MR) is 46.0 cm³/mol. The van der Waals surface area contributed by atoms with Crippen LogP contribution in [-0.2, 0) is 0 Å². The molecule has 0 nitrogen and oxygen atoms in total. The maximum Gasteiger partial charge on any atom is 0.126 e. The molecule has 0 aliphatic heterocycles. The molecule has 0 amide bonds. The molecule has 2 heteroatoms. The topological polar surface area (TPSA) is 0 Å². The SMILES string of the molecule is Cc1cc(F)c(C)c([Si])c1C. The highest BCUT2D eigenvalue weighted by Gasteiger charge is 2.05. The van der Waals surface area contributed by atoms with Crippen LogP contribution in [0, 0.1) is 26.6 Å². The highest BCUT2D eigenvalue weighted by molar-refractivity contribution is 6.34. The molecule has 0 spiro atoms. The molecule has 0 aliphatic carbocycles. The third-order valence-electron chi connectivity index (χ3n) is 2.04. The maximum atomic E-state index is 13.0. The molecule has 0 atom stereocenters. The lowest BCUT2D eigenvalue weighted by Crippen LogP contribution is -2.15. The minimum Gasteiger partial charge on any atom is -0.207 e. The molecule has 1 rings (SSSR count). The van der Waals surface area contributed by atoms with Gasteiger partial charge in [-0.15, -0.1) is 0 Å². The van der Waals surface area contributed by atoms with Crippen LogP contribution in [0.4, 0.5) is 4.39 Å². The normalized spacial score (nSPS) is 10.3. The van der Waals surface area contributed by atoms with Crippen molar-refractivity contribution in [3.63, 3.8) is 0 Å². The zero-order valence-corrected chi connectivity index (χ0v) is 7.96. The summed E-state index contributed by atoms with van der Waals surface area (Å²) in [5.41, 5.74) is 2.78. The third-order valence-corrected chi connectivity index (χ3v) is 2.79. The van der Waals surface area contributed by atoms with Gasteiger partial charge < -0.3 is 0 Å². The molecule has 0 N–H and O–H groups in total. The summed E-state index contributed by atoms with van der Waals surface area (Å²) in [7, 11) is 3.39. The molecular formula is C9H10FSi. The van der Waals surface area contributed by atoms with Gasteiger partial charge in [-0.25, -0.2) is 4.39 Å². The summed E-state index contributed by atoms with van der Waals surface area (Å²) in [6.45, 7) is 5.65. The molecular weight excluding hydrogens is 155 g/mol. The summed E-state index contributed by atoms with van der Waals surface area (Å²) in [5, 5.41) is 0.877. The first-order chi connectivity index (χ1) is 5.04. The second kappa shape index (κ2) is 2.78. The van der Waals surface area contributed by atoms with Gasteiger partial charge in [0, 0.05) is 0 Å². The number of halogens is 1. The molecule has 57 valence electrons. The largest absolute Gasteiger partial charge is 0.207 e. The number of aryl methyl sites for hydroxylation is 1. The Balaban J connectivity index is 3.46. The van der Waals surface area contributed by atoms with Crippen LogP contribution in [0.15, 0.2) is 6.07 Å². The van der Waals surface area contributed by atoms with Crippen molar-refractivity contribution < 1.29 is 4.39 Å². The average Bonchev–Trinajstić information content (AvgIpc) is 1.97. The second-order valence-electron chi connectivity index (χ2n) is 2.80. The van der Waals surface area contributed by atoms with Crippen LogP contribution in [0.25, 0.3) is 0 Å². The van der Waals surface area contributed by atoms with Crippen LogP contribution in [0.5, 0.6) is 0 Å². The van der Waals surface area contributed by atoms with Gasteiger partial charge in [-0.2, -0.15) is 0 Å². The zero-order chi connectivity index (χ0) is 8.59. The Labute approximate surface area is 69.9 Å². The van der Waals surface area contributed by atoms with E-state index in [0.29, 0.717) is 5.56 Å². The first-order valence-corrected chi connectivity index (χ1v) is 4.02. The molecule has 0 saturated carbocycles. The lowest BCUT2D eigenvalue weighted by molar-refractivity contribution is 0.618. The second-order valence-corrected chi connectivity index (χ2v) is 3.30. The smallest absolute Gasteiger partial charge is 0.126 e. The summed E-state index contributed by atoms with van der Waals surface area (Å²) < 4.78 is 13.0. The van der Waals surface area contributed by atoms with Crippen molar-refractivity contribution in [1.82, 2.24) is 0 Å². The average molecular weight is 165 g/mol. The van der Waals surface area contributed by atoms with Crippen LogP contribution >= 0.6 is 0 Å². The third kappa shape index (κ3) is 1.36.